The van der Waals surface area contributed by atoms with Crippen LogP contribution in [0.2, 0.25) is 0 Å². The third kappa shape index (κ3) is 5.68. The zero-order chi connectivity index (χ0) is 17.3. The monoisotopic (exact) mass is 333 g/mol. The Balaban J connectivity index is 1.98. The SMILES string of the molecule is CC(C)(C)C1CCN(Cc2cc(F)cc(OC(F)(F)F)c2)CC1. The molecule has 0 N–H and O–H groups in total. The summed E-state index contributed by atoms with van der Waals surface area (Å²) in [4.78, 5) is 2.15. The average Bonchev–Trinajstić information content (AvgIpc) is 2.35. The second kappa shape index (κ2) is 6.67. The van der Waals surface area contributed by atoms with Crippen molar-refractivity contribution >= 4 is 0 Å². The molecule has 0 unspecified atom stereocenters. The normalized spacial score (nSPS) is 18.2. The van der Waals surface area contributed by atoms with E-state index in [9.17, 15) is 17.6 Å². The van der Waals surface area contributed by atoms with E-state index in [-0.39, 0.29) is 5.41 Å². The summed E-state index contributed by atoms with van der Waals surface area (Å²) in [5.41, 5.74) is 0.761. The van der Waals surface area contributed by atoms with Gasteiger partial charge in [-0.3, -0.25) is 4.90 Å². The number of piperidine rings is 1. The topological polar surface area (TPSA) is 12.5 Å². The van der Waals surface area contributed by atoms with Crippen molar-refractivity contribution < 1.29 is 22.3 Å². The fourth-order valence-electron chi connectivity index (χ4n) is 3.12. The zero-order valence-electron chi connectivity index (χ0n) is 13.7. The van der Waals surface area contributed by atoms with Crippen LogP contribution in [-0.2, 0) is 6.54 Å². The molecule has 130 valence electrons. The molecule has 0 bridgehead atoms. The predicted octanol–water partition coefficient (Wildman–Crippen LogP) is 4.98. The minimum atomic E-state index is -4.81. The van der Waals surface area contributed by atoms with Gasteiger partial charge in [0.15, 0.2) is 0 Å². The van der Waals surface area contributed by atoms with E-state index in [1.165, 1.54) is 12.1 Å². The lowest BCUT2D eigenvalue weighted by molar-refractivity contribution is -0.274. The van der Waals surface area contributed by atoms with Gasteiger partial charge in [-0.05, 0) is 55.0 Å². The molecule has 0 radical (unpaired) electrons. The molecule has 2 nitrogen and oxygen atoms in total. The summed E-state index contributed by atoms with van der Waals surface area (Å²) < 4.78 is 54.1. The molecule has 1 aromatic rings. The molecule has 1 saturated heterocycles. The van der Waals surface area contributed by atoms with Gasteiger partial charge in [0.1, 0.15) is 11.6 Å². The van der Waals surface area contributed by atoms with E-state index >= 15 is 0 Å². The number of rotatable bonds is 3. The van der Waals surface area contributed by atoms with Gasteiger partial charge < -0.3 is 4.74 Å². The molecule has 0 amide bonds. The fourth-order valence-corrected chi connectivity index (χ4v) is 3.12. The van der Waals surface area contributed by atoms with E-state index in [1.54, 1.807) is 0 Å². The summed E-state index contributed by atoms with van der Waals surface area (Å²) in [5, 5.41) is 0. The Labute approximate surface area is 134 Å². The van der Waals surface area contributed by atoms with Crippen molar-refractivity contribution in [1.29, 1.82) is 0 Å². The highest BCUT2D eigenvalue weighted by atomic mass is 19.4. The van der Waals surface area contributed by atoms with Gasteiger partial charge in [-0.1, -0.05) is 20.8 Å². The molecular weight excluding hydrogens is 310 g/mol. The maximum atomic E-state index is 13.5. The molecule has 0 spiro atoms. The summed E-state index contributed by atoms with van der Waals surface area (Å²) >= 11 is 0. The molecule has 1 aromatic carbocycles. The molecule has 1 heterocycles. The highest BCUT2D eigenvalue weighted by molar-refractivity contribution is 5.29. The van der Waals surface area contributed by atoms with Gasteiger partial charge in [0.05, 0.1) is 0 Å². The summed E-state index contributed by atoms with van der Waals surface area (Å²) in [6.07, 6.45) is -2.72. The van der Waals surface area contributed by atoms with E-state index in [2.05, 4.69) is 30.4 Å². The van der Waals surface area contributed by atoms with E-state index in [1.807, 2.05) is 0 Å². The number of hydrogen-bond donors (Lipinski definition) is 0. The first-order valence-corrected chi connectivity index (χ1v) is 7.80. The fraction of sp³-hybridized carbons (Fsp3) is 0.647. The van der Waals surface area contributed by atoms with Gasteiger partial charge in [0.2, 0.25) is 0 Å². The van der Waals surface area contributed by atoms with Crippen molar-refractivity contribution in [3.8, 4) is 5.75 Å². The maximum Gasteiger partial charge on any atom is 0.573 e. The van der Waals surface area contributed by atoms with Gasteiger partial charge in [0.25, 0.3) is 0 Å². The molecule has 23 heavy (non-hydrogen) atoms. The molecule has 0 saturated carbocycles. The van der Waals surface area contributed by atoms with Gasteiger partial charge in [0, 0.05) is 12.6 Å². The van der Waals surface area contributed by atoms with E-state index < -0.39 is 17.9 Å². The Hall–Kier alpha value is -1.30. The van der Waals surface area contributed by atoms with Crippen molar-refractivity contribution in [2.45, 2.75) is 46.5 Å². The van der Waals surface area contributed by atoms with Gasteiger partial charge >= 0.3 is 6.36 Å². The van der Waals surface area contributed by atoms with Crippen LogP contribution in [0.3, 0.4) is 0 Å². The van der Waals surface area contributed by atoms with Crippen LogP contribution in [0, 0.1) is 17.2 Å². The van der Waals surface area contributed by atoms with Crippen molar-refractivity contribution in [2.24, 2.45) is 11.3 Å². The molecule has 2 rings (SSSR count). The third-order valence-electron chi connectivity index (χ3n) is 4.38. The van der Waals surface area contributed by atoms with Crippen LogP contribution >= 0.6 is 0 Å². The quantitative estimate of drug-likeness (QED) is 0.723. The second-order valence-electron chi connectivity index (χ2n) is 7.26. The van der Waals surface area contributed by atoms with Gasteiger partial charge in [-0.25, -0.2) is 4.39 Å². The molecular formula is C17H23F4NO. The summed E-state index contributed by atoms with van der Waals surface area (Å²) in [6.45, 7) is 8.84. The number of alkyl halides is 3. The summed E-state index contributed by atoms with van der Waals surface area (Å²) in [7, 11) is 0. The van der Waals surface area contributed by atoms with Crippen LogP contribution in [0.5, 0.6) is 5.75 Å². The van der Waals surface area contributed by atoms with Crippen LogP contribution in [0.25, 0.3) is 0 Å². The largest absolute Gasteiger partial charge is 0.573 e. The van der Waals surface area contributed by atoms with Crippen LogP contribution in [0.1, 0.15) is 39.2 Å². The molecule has 1 fully saturated rings. The lowest BCUT2D eigenvalue weighted by atomic mass is 9.75. The smallest absolute Gasteiger partial charge is 0.406 e. The molecule has 0 aromatic heterocycles. The minimum absolute atomic E-state index is 0.263. The van der Waals surface area contributed by atoms with E-state index in [0.29, 0.717) is 18.0 Å². The van der Waals surface area contributed by atoms with Crippen molar-refractivity contribution in [2.75, 3.05) is 13.1 Å². The Bertz CT molecular complexity index is 528. The summed E-state index contributed by atoms with van der Waals surface area (Å²) in [5.74, 6) is -0.584. The van der Waals surface area contributed by atoms with E-state index in [4.69, 9.17) is 0 Å². The molecule has 0 aliphatic carbocycles. The second-order valence-corrected chi connectivity index (χ2v) is 7.26. The first-order chi connectivity index (χ1) is 10.5. The Kier molecular flexibility index (Phi) is 5.23. The number of halogens is 4. The van der Waals surface area contributed by atoms with Crippen molar-refractivity contribution in [1.82, 2.24) is 4.90 Å². The van der Waals surface area contributed by atoms with E-state index in [0.717, 1.165) is 32.0 Å². The van der Waals surface area contributed by atoms with Crippen LogP contribution in [0.4, 0.5) is 17.6 Å². The predicted molar refractivity (Wildman–Crippen MR) is 80.5 cm³/mol. The first-order valence-electron chi connectivity index (χ1n) is 7.80. The highest BCUT2D eigenvalue weighted by Gasteiger charge is 2.32. The maximum absolute atomic E-state index is 13.5. The van der Waals surface area contributed by atoms with Gasteiger partial charge in [-0.15, -0.1) is 13.2 Å². The summed E-state index contributed by atoms with van der Waals surface area (Å²) in [6, 6.07) is 3.27. The number of likely N-dealkylation sites (tertiary alicyclic amines) is 1. The Morgan fingerprint density at radius 3 is 2.22 bits per heavy atom. The standard InChI is InChI=1S/C17H23F4NO/c1-16(2,3)13-4-6-22(7-5-13)11-12-8-14(18)10-15(9-12)23-17(19,20)21/h8-10,13H,4-7,11H2,1-3H3. The number of benzene rings is 1. The van der Waals surface area contributed by atoms with Crippen LogP contribution < -0.4 is 4.74 Å². The third-order valence-corrected chi connectivity index (χ3v) is 4.38. The average molecular weight is 333 g/mol. The lowest BCUT2D eigenvalue weighted by Gasteiger charge is -2.38. The molecule has 1 aliphatic rings. The van der Waals surface area contributed by atoms with Crippen LogP contribution in [0.15, 0.2) is 18.2 Å². The Morgan fingerprint density at radius 1 is 1.09 bits per heavy atom. The number of nitrogens with zero attached hydrogens (tertiary/aromatic N) is 1. The Morgan fingerprint density at radius 2 is 1.70 bits per heavy atom. The first kappa shape index (κ1) is 18.0. The lowest BCUT2D eigenvalue weighted by Crippen LogP contribution is -2.37. The van der Waals surface area contributed by atoms with Crippen molar-refractivity contribution in [3.63, 3.8) is 0 Å². The molecule has 1 aliphatic heterocycles. The molecule has 0 atom stereocenters. The number of ether oxygens (including phenoxy) is 1. The minimum Gasteiger partial charge on any atom is -0.406 e. The highest BCUT2D eigenvalue weighted by Crippen LogP contribution is 2.34. The van der Waals surface area contributed by atoms with Crippen molar-refractivity contribution in [3.05, 3.63) is 29.6 Å². The molecule has 6 heteroatoms. The van der Waals surface area contributed by atoms with Crippen LogP contribution in [-0.4, -0.2) is 24.4 Å². The zero-order valence-corrected chi connectivity index (χ0v) is 13.7. The number of hydrogen-bond acceptors (Lipinski definition) is 2. The van der Waals surface area contributed by atoms with Gasteiger partial charge in [-0.2, -0.15) is 0 Å².